The summed E-state index contributed by atoms with van der Waals surface area (Å²) in [5.74, 6) is 0.432. The van der Waals surface area contributed by atoms with E-state index >= 15 is 0 Å². The Kier molecular flexibility index (Phi) is 4.93. The van der Waals surface area contributed by atoms with E-state index in [9.17, 15) is 5.26 Å². The molecule has 0 radical (unpaired) electrons. The van der Waals surface area contributed by atoms with E-state index in [1.807, 2.05) is 24.5 Å². The minimum Gasteiger partial charge on any atom is -0.354 e. The Morgan fingerprint density at radius 1 is 1.14 bits per heavy atom. The highest BCUT2D eigenvalue weighted by molar-refractivity contribution is 7.98. The van der Waals surface area contributed by atoms with Crippen LogP contribution in [0.15, 0.2) is 41.3 Å². The summed E-state index contributed by atoms with van der Waals surface area (Å²) in [5.41, 5.74) is 5.17. The normalized spacial score (nSPS) is 10.5. The molecule has 0 aliphatic rings. The van der Waals surface area contributed by atoms with E-state index in [-0.39, 0.29) is 0 Å². The number of para-hydroxylation sites is 1. The lowest BCUT2D eigenvalue weighted by molar-refractivity contribution is 0.867. The molecule has 108 valence electrons. The fourth-order valence-electron chi connectivity index (χ4n) is 2.40. The Hall–Kier alpha value is -1.92. The molecule has 0 saturated carbocycles. The molecule has 2 aromatic rings. The number of benzene rings is 2. The van der Waals surface area contributed by atoms with Crippen LogP contribution in [0.25, 0.3) is 0 Å². The van der Waals surface area contributed by atoms with Crippen molar-refractivity contribution >= 4 is 23.1 Å². The topological polar surface area (TPSA) is 35.8 Å². The third-order valence-corrected chi connectivity index (χ3v) is 4.32. The van der Waals surface area contributed by atoms with Crippen molar-refractivity contribution in [3.8, 4) is 6.07 Å². The molecule has 1 N–H and O–H groups in total. The number of nitriles is 1. The third kappa shape index (κ3) is 3.22. The Morgan fingerprint density at radius 3 is 2.48 bits per heavy atom. The molecule has 0 spiro atoms. The highest BCUT2D eigenvalue weighted by Gasteiger charge is 2.12. The van der Waals surface area contributed by atoms with E-state index in [1.54, 1.807) is 11.8 Å². The van der Waals surface area contributed by atoms with E-state index in [0.717, 1.165) is 16.3 Å². The number of thioether (sulfide) groups is 1. The average Bonchev–Trinajstić information content (AvgIpc) is 2.48. The van der Waals surface area contributed by atoms with Gasteiger partial charge in [-0.1, -0.05) is 38.1 Å². The van der Waals surface area contributed by atoms with Crippen LogP contribution in [0.5, 0.6) is 0 Å². The molecule has 2 aromatic carbocycles. The van der Waals surface area contributed by atoms with Gasteiger partial charge < -0.3 is 5.32 Å². The molecule has 0 saturated heterocycles. The van der Waals surface area contributed by atoms with Gasteiger partial charge in [0.25, 0.3) is 0 Å². The predicted octanol–water partition coefficient (Wildman–Crippen LogP) is 5.46. The maximum Gasteiger partial charge on any atom is 0.103 e. The quantitative estimate of drug-likeness (QED) is 0.761. The molecule has 0 aromatic heterocycles. The van der Waals surface area contributed by atoms with Gasteiger partial charge in [0, 0.05) is 10.6 Å². The van der Waals surface area contributed by atoms with Crippen LogP contribution in [-0.4, -0.2) is 6.26 Å². The summed E-state index contributed by atoms with van der Waals surface area (Å²) >= 11 is 1.60. The summed E-state index contributed by atoms with van der Waals surface area (Å²) in [6.45, 7) is 6.46. The fraction of sp³-hybridized carbons (Fsp3) is 0.278. The minimum absolute atomic E-state index is 0.432. The molecule has 21 heavy (non-hydrogen) atoms. The lowest BCUT2D eigenvalue weighted by Crippen LogP contribution is -2.02. The highest BCUT2D eigenvalue weighted by atomic mass is 32.2. The smallest absolute Gasteiger partial charge is 0.103 e. The van der Waals surface area contributed by atoms with Crippen molar-refractivity contribution in [1.82, 2.24) is 0 Å². The first kappa shape index (κ1) is 15.5. The standard InChI is InChI=1S/C18H20N2S/c1-12(2)14-8-5-7-13(3)18(14)20-16-9-6-10-17(21-4)15(16)11-19/h5-10,12,20H,1-4H3. The van der Waals surface area contributed by atoms with Crippen molar-refractivity contribution in [2.24, 2.45) is 0 Å². The zero-order valence-corrected chi connectivity index (χ0v) is 13.7. The molecule has 3 heteroatoms. The number of aryl methyl sites for hydroxylation is 1. The summed E-state index contributed by atoms with van der Waals surface area (Å²) in [5, 5.41) is 12.9. The Morgan fingerprint density at radius 2 is 1.86 bits per heavy atom. The van der Waals surface area contributed by atoms with E-state index < -0.39 is 0 Å². The van der Waals surface area contributed by atoms with Gasteiger partial charge in [-0.05, 0) is 42.4 Å². The zero-order valence-electron chi connectivity index (χ0n) is 12.9. The van der Waals surface area contributed by atoms with Crippen LogP contribution in [-0.2, 0) is 0 Å². The molecule has 0 atom stereocenters. The van der Waals surface area contributed by atoms with E-state index in [4.69, 9.17) is 0 Å². The summed E-state index contributed by atoms with van der Waals surface area (Å²) in [6.07, 6.45) is 1.99. The Balaban J connectivity index is 2.51. The van der Waals surface area contributed by atoms with Gasteiger partial charge >= 0.3 is 0 Å². The maximum atomic E-state index is 9.45. The van der Waals surface area contributed by atoms with Gasteiger partial charge in [0.2, 0.25) is 0 Å². The van der Waals surface area contributed by atoms with Crippen molar-refractivity contribution < 1.29 is 0 Å². The largest absolute Gasteiger partial charge is 0.354 e. The van der Waals surface area contributed by atoms with Gasteiger partial charge in [-0.15, -0.1) is 11.8 Å². The second-order valence-corrected chi connectivity index (χ2v) is 6.16. The van der Waals surface area contributed by atoms with Crippen molar-refractivity contribution in [1.29, 1.82) is 5.26 Å². The number of anilines is 2. The monoisotopic (exact) mass is 296 g/mol. The molecular formula is C18H20N2S. The van der Waals surface area contributed by atoms with Crippen LogP contribution >= 0.6 is 11.8 Å². The summed E-state index contributed by atoms with van der Waals surface area (Å²) in [6, 6.07) is 14.6. The first-order valence-electron chi connectivity index (χ1n) is 7.02. The first-order valence-corrected chi connectivity index (χ1v) is 8.24. The number of rotatable bonds is 4. The van der Waals surface area contributed by atoms with E-state index in [0.29, 0.717) is 11.5 Å². The number of hydrogen-bond acceptors (Lipinski definition) is 3. The SMILES string of the molecule is CSc1cccc(Nc2c(C)cccc2C(C)C)c1C#N. The van der Waals surface area contributed by atoms with Gasteiger partial charge in [0.05, 0.1) is 11.3 Å². The molecule has 0 unspecified atom stereocenters. The summed E-state index contributed by atoms with van der Waals surface area (Å²) in [4.78, 5) is 1.00. The van der Waals surface area contributed by atoms with Gasteiger partial charge in [-0.3, -0.25) is 0 Å². The predicted molar refractivity (Wildman–Crippen MR) is 91.5 cm³/mol. The van der Waals surface area contributed by atoms with Crippen LogP contribution in [0.2, 0.25) is 0 Å². The second-order valence-electron chi connectivity index (χ2n) is 5.31. The average molecular weight is 296 g/mol. The lowest BCUT2D eigenvalue weighted by atomic mass is 9.98. The number of hydrogen-bond donors (Lipinski definition) is 1. The maximum absolute atomic E-state index is 9.45. The number of nitrogens with one attached hydrogen (secondary N) is 1. The molecule has 0 amide bonds. The van der Waals surface area contributed by atoms with Gasteiger partial charge in [0.1, 0.15) is 6.07 Å². The van der Waals surface area contributed by atoms with Crippen LogP contribution in [0.1, 0.15) is 36.5 Å². The fourth-order valence-corrected chi connectivity index (χ4v) is 2.97. The summed E-state index contributed by atoms with van der Waals surface area (Å²) in [7, 11) is 0. The van der Waals surface area contributed by atoms with E-state index in [1.165, 1.54) is 11.1 Å². The molecule has 2 nitrogen and oxygen atoms in total. The van der Waals surface area contributed by atoms with Crippen LogP contribution in [0.3, 0.4) is 0 Å². The van der Waals surface area contributed by atoms with Crippen LogP contribution < -0.4 is 5.32 Å². The second kappa shape index (κ2) is 6.69. The van der Waals surface area contributed by atoms with Crippen molar-refractivity contribution in [3.63, 3.8) is 0 Å². The third-order valence-electron chi connectivity index (χ3n) is 3.54. The van der Waals surface area contributed by atoms with E-state index in [2.05, 4.69) is 50.4 Å². The van der Waals surface area contributed by atoms with Crippen molar-refractivity contribution in [2.45, 2.75) is 31.6 Å². The molecular weight excluding hydrogens is 276 g/mol. The molecule has 0 aliphatic heterocycles. The molecule has 0 heterocycles. The van der Waals surface area contributed by atoms with Gasteiger partial charge in [-0.25, -0.2) is 0 Å². The van der Waals surface area contributed by atoms with Gasteiger partial charge in [0.15, 0.2) is 0 Å². The molecule has 0 fully saturated rings. The number of nitrogens with zero attached hydrogens (tertiary/aromatic N) is 1. The Bertz CT molecular complexity index is 684. The van der Waals surface area contributed by atoms with Crippen LogP contribution in [0, 0.1) is 18.3 Å². The van der Waals surface area contributed by atoms with Gasteiger partial charge in [-0.2, -0.15) is 5.26 Å². The first-order chi connectivity index (χ1) is 10.1. The van der Waals surface area contributed by atoms with Crippen molar-refractivity contribution in [2.75, 3.05) is 11.6 Å². The molecule has 2 rings (SSSR count). The van der Waals surface area contributed by atoms with Crippen LogP contribution in [0.4, 0.5) is 11.4 Å². The lowest BCUT2D eigenvalue weighted by Gasteiger charge is -2.18. The summed E-state index contributed by atoms with van der Waals surface area (Å²) < 4.78 is 0. The minimum atomic E-state index is 0.432. The van der Waals surface area contributed by atoms with Crippen molar-refractivity contribution in [3.05, 3.63) is 53.1 Å². The Labute approximate surface area is 131 Å². The molecule has 0 aliphatic carbocycles. The highest BCUT2D eigenvalue weighted by Crippen LogP contribution is 2.33. The molecule has 0 bridgehead atoms. The zero-order chi connectivity index (χ0) is 15.4.